The van der Waals surface area contributed by atoms with Gasteiger partial charge < -0.3 is 19.7 Å². The molecule has 0 aromatic heterocycles. The smallest absolute Gasteiger partial charge is 0.254 e. The minimum absolute atomic E-state index is 0.218. The minimum Gasteiger partial charge on any atom is -0.493 e. The van der Waals surface area contributed by atoms with Gasteiger partial charge in [0.2, 0.25) is 5.91 Å². The van der Waals surface area contributed by atoms with Crippen LogP contribution in [0.2, 0.25) is 0 Å². The van der Waals surface area contributed by atoms with Gasteiger partial charge in [-0.1, -0.05) is 30.3 Å². The zero-order chi connectivity index (χ0) is 23.4. The first-order valence-corrected chi connectivity index (χ1v) is 10.6. The fraction of sp³-hybridized carbons (Fsp3) is 0.231. The molecule has 170 valence electrons. The van der Waals surface area contributed by atoms with Crippen molar-refractivity contribution in [2.24, 2.45) is 0 Å². The van der Waals surface area contributed by atoms with Crippen molar-refractivity contribution in [3.8, 4) is 11.5 Å². The lowest BCUT2D eigenvalue weighted by Crippen LogP contribution is -2.52. The van der Waals surface area contributed by atoms with Gasteiger partial charge in [-0.2, -0.15) is 0 Å². The topological polar surface area (TPSA) is 67.9 Å². The Bertz CT molecular complexity index is 1150. The highest BCUT2D eigenvalue weighted by molar-refractivity contribution is 5.98. The first-order chi connectivity index (χ1) is 16.0. The van der Waals surface area contributed by atoms with Gasteiger partial charge in [0.1, 0.15) is 11.9 Å². The maximum absolute atomic E-state index is 13.4. The maximum Gasteiger partial charge on any atom is 0.254 e. The Labute approximate surface area is 191 Å². The normalized spacial score (nSPS) is 14.9. The molecule has 0 spiro atoms. The second-order valence-electron chi connectivity index (χ2n) is 7.84. The summed E-state index contributed by atoms with van der Waals surface area (Å²) in [5, 5.41) is 2.95. The number of halogens is 1. The molecule has 0 saturated heterocycles. The van der Waals surface area contributed by atoms with Crippen LogP contribution in [0.4, 0.5) is 4.39 Å². The third-order valence-corrected chi connectivity index (χ3v) is 5.80. The summed E-state index contributed by atoms with van der Waals surface area (Å²) in [6, 6.07) is 17.9. The largest absolute Gasteiger partial charge is 0.493 e. The molecule has 7 heteroatoms. The number of rotatable bonds is 6. The number of fused-ring (bicyclic) bond motifs is 1. The molecular formula is C26H25FN2O4. The standard InChI is InChI=1S/C26H25FN2O4/c1-32-23-13-19-12-22(25(30)28-15-17-6-4-3-5-7-17)29(16-20(19)14-24(23)33-2)26(31)18-8-10-21(27)11-9-18/h3-11,13-14,22H,12,15-16H2,1-2H3,(H,28,30). The molecule has 1 aliphatic heterocycles. The van der Waals surface area contributed by atoms with Gasteiger partial charge in [-0.25, -0.2) is 4.39 Å². The Hall–Kier alpha value is -3.87. The van der Waals surface area contributed by atoms with E-state index < -0.39 is 11.9 Å². The Kier molecular flexibility index (Phi) is 6.58. The predicted molar refractivity (Wildman–Crippen MR) is 122 cm³/mol. The molecule has 1 aliphatic rings. The monoisotopic (exact) mass is 448 g/mol. The molecule has 1 heterocycles. The van der Waals surface area contributed by atoms with Gasteiger partial charge in [-0.05, 0) is 53.1 Å². The number of carbonyl (C=O) groups is 2. The highest BCUT2D eigenvalue weighted by atomic mass is 19.1. The molecule has 0 saturated carbocycles. The first-order valence-electron chi connectivity index (χ1n) is 10.6. The van der Waals surface area contributed by atoms with E-state index in [1.807, 2.05) is 42.5 Å². The van der Waals surface area contributed by atoms with Crippen molar-refractivity contribution in [2.45, 2.75) is 25.6 Å². The van der Waals surface area contributed by atoms with E-state index in [9.17, 15) is 14.0 Å². The summed E-state index contributed by atoms with van der Waals surface area (Å²) < 4.78 is 24.2. The molecular weight excluding hydrogens is 423 g/mol. The summed E-state index contributed by atoms with van der Waals surface area (Å²) >= 11 is 0. The van der Waals surface area contributed by atoms with Crippen LogP contribution in [0.3, 0.4) is 0 Å². The second kappa shape index (κ2) is 9.73. The summed E-state index contributed by atoms with van der Waals surface area (Å²) in [6.45, 7) is 0.572. The number of hydrogen-bond donors (Lipinski definition) is 1. The van der Waals surface area contributed by atoms with Crippen molar-refractivity contribution >= 4 is 11.8 Å². The van der Waals surface area contributed by atoms with E-state index >= 15 is 0 Å². The van der Waals surface area contributed by atoms with Crippen LogP contribution in [0.25, 0.3) is 0 Å². The molecule has 0 radical (unpaired) electrons. The lowest BCUT2D eigenvalue weighted by atomic mass is 9.92. The van der Waals surface area contributed by atoms with Crippen LogP contribution in [-0.2, 0) is 24.3 Å². The van der Waals surface area contributed by atoms with Gasteiger partial charge in [0.05, 0.1) is 14.2 Å². The van der Waals surface area contributed by atoms with E-state index in [0.717, 1.165) is 16.7 Å². The number of ether oxygens (including phenoxy) is 2. The van der Waals surface area contributed by atoms with Gasteiger partial charge in [0.25, 0.3) is 5.91 Å². The molecule has 1 atom stereocenters. The molecule has 1 unspecified atom stereocenters. The molecule has 2 amide bonds. The van der Waals surface area contributed by atoms with Crippen LogP contribution >= 0.6 is 0 Å². The number of methoxy groups -OCH3 is 2. The zero-order valence-corrected chi connectivity index (χ0v) is 18.5. The van der Waals surface area contributed by atoms with Gasteiger partial charge >= 0.3 is 0 Å². The Balaban J connectivity index is 1.65. The number of carbonyl (C=O) groups excluding carboxylic acids is 2. The van der Waals surface area contributed by atoms with Crippen molar-refractivity contribution < 1.29 is 23.5 Å². The van der Waals surface area contributed by atoms with E-state index in [1.54, 1.807) is 14.2 Å². The van der Waals surface area contributed by atoms with Crippen molar-refractivity contribution in [1.29, 1.82) is 0 Å². The first kappa shape index (κ1) is 22.3. The summed E-state index contributed by atoms with van der Waals surface area (Å²) in [6.07, 6.45) is 0.323. The van der Waals surface area contributed by atoms with Gasteiger partial charge in [0.15, 0.2) is 11.5 Å². The number of hydrogen-bond acceptors (Lipinski definition) is 4. The number of nitrogens with zero attached hydrogens (tertiary/aromatic N) is 1. The Morgan fingerprint density at radius 1 is 0.970 bits per heavy atom. The Morgan fingerprint density at radius 3 is 2.24 bits per heavy atom. The fourth-order valence-electron chi connectivity index (χ4n) is 4.02. The van der Waals surface area contributed by atoms with Gasteiger partial charge in [0, 0.05) is 25.1 Å². The van der Waals surface area contributed by atoms with Crippen molar-refractivity contribution in [3.63, 3.8) is 0 Å². The summed E-state index contributed by atoms with van der Waals surface area (Å²) in [4.78, 5) is 28.1. The van der Waals surface area contributed by atoms with Crippen LogP contribution in [-0.4, -0.2) is 37.0 Å². The van der Waals surface area contributed by atoms with E-state index in [1.165, 1.54) is 29.2 Å². The third-order valence-electron chi connectivity index (χ3n) is 5.80. The highest BCUT2D eigenvalue weighted by Crippen LogP contribution is 2.35. The van der Waals surface area contributed by atoms with Gasteiger partial charge in [-0.15, -0.1) is 0 Å². The maximum atomic E-state index is 13.4. The summed E-state index contributed by atoms with van der Waals surface area (Å²) in [5.74, 6) is 0.102. The zero-order valence-electron chi connectivity index (χ0n) is 18.5. The van der Waals surface area contributed by atoms with Crippen molar-refractivity contribution in [1.82, 2.24) is 10.2 Å². The van der Waals surface area contributed by atoms with E-state index in [-0.39, 0.29) is 18.4 Å². The average molecular weight is 448 g/mol. The molecule has 3 aromatic carbocycles. The van der Waals surface area contributed by atoms with Crippen LogP contribution in [0, 0.1) is 5.82 Å². The SMILES string of the molecule is COc1cc2c(cc1OC)CN(C(=O)c1ccc(F)cc1)C(C(=O)NCc1ccccc1)C2. The van der Waals surface area contributed by atoms with Crippen molar-refractivity contribution in [3.05, 3.63) is 94.8 Å². The second-order valence-corrected chi connectivity index (χ2v) is 7.84. The third kappa shape index (κ3) is 4.82. The lowest BCUT2D eigenvalue weighted by molar-refractivity contribution is -0.126. The molecule has 3 aromatic rings. The van der Waals surface area contributed by atoms with E-state index in [4.69, 9.17) is 9.47 Å². The average Bonchev–Trinajstić information content (AvgIpc) is 2.86. The lowest BCUT2D eigenvalue weighted by Gasteiger charge is -2.36. The molecule has 0 bridgehead atoms. The van der Waals surface area contributed by atoms with Crippen LogP contribution in [0.5, 0.6) is 11.5 Å². The Morgan fingerprint density at radius 2 is 1.61 bits per heavy atom. The molecule has 0 aliphatic carbocycles. The highest BCUT2D eigenvalue weighted by Gasteiger charge is 2.35. The number of nitrogens with one attached hydrogen (secondary N) is 1. The molecule has 1 N–H and O–H groups in total. The summed E-state index contributed by atoms with van der Waals surface area (Å²) in [7, 11) is 3.11. The van der Waals surface area contributed by atoms with E-state index in [2.05, 4.69) is 5.32 Å². The van der Waals surface area contributed by atoms with Crippen LogP contribution < -0.4 is 14.8 Å². The molecule has 6 nitrogen and oxygen atoms in total. The quantitative estimate of drug-likeness (QED) is 0.624. The fourth-order valence-corrected chi connectivity index (χ4v) is 4.02. The van der Waals surface area contributed by atoms with Crippen LogP contribution in [0.15, 0.2) is 66.7 Å². The number of benzene rings is 3. The van der Waals surface area contributed by atoms with Crippen molar-refractivity contribution in [2.75, 3.05) is 14.2 Å². The number of amides is 2. The summed E-state index contributed by atoms with van der Waals surface area (Å²) in [5.41, 5.74) is 3.07. The van der Waals surface area contributed by atoms with Gasteiger partial charge in [-0.3, -0.25) is 9.59 Å². The minimum atomic E-state index is -0.725. The van der Waals surface area contributed by atoms with E-state index in [0.29, 0.717) is 30.0 Å². The molecule has 0 fully saturated rings. The predicted octanol–water partition coefficient (Wildman–Crippen LogP) is 3.73. The van der Waals surface area contributed by atoms with Crippen LogP contribution in [0.1, 0.15) is 27.0 Å². The molecule has 4 rings (SSSR count). The molecule has 33 heavy (non-hydrogen) atoms.